The van der Waals surface area contributed by atoms with Crippen LogP contribution < -0.4 is 0 Å². The van der Waals surface area contributed by atoms with E-state index < -0.39 is 8.80 Å². The van der Waals surface area contributed by atoms with Crippen molar-refractivity contribution in [3.8, 4) is 0 Å². The third-order valence-electron chi connectivity index (χ3n) is 6.23. The molecule has 0 saturated carbocycles. The van der Waals surface area contributed by atoms with Crippen LogP contribution in [-0.2, 0) is 13.3 Å². The predicted molar refractivity (Wildman–Crippen MR) is 143 cm³/mol. The first-order chi connectivity index (χ1) is 15.7. The maximum absolute atomic E-state index is 5.94. The maximum Gasteiger partial charge on any atom is 0.500 e. The first-order valence-electron chi connectivity index (χ1n) is 14.3. The Balaban J connectivity index is 3.37. The van der Waals surface area contributed by atoms with Gasteiger partial charge in [-0.2, -0.15) is 0 Å². The largest absolute Gasteiger partial charge is 0.500 e. The third-order valence-corrected chi connectivity index (χ3v) is 9.39. The van der Waals surface area contributed by atoms with Gasteiger partial charge in [0.15, 0.2) is 0 Å². The Morgan fingerprint density at radius 1 is 0.469 bits per heavy atom. The molecule has 0 unspecified atom stereocenters. The van der Waals surface area contributed by atoms with Crippen LogP contribution in [0.2, 0.25) is 6.04 Å². The van der Waals surface area contributed by atoms with Crippen molar-refractivity contribution < 1.29 is 13.3 Å². The average molecular weight is 471 g/mol. The molecule has 0 aromatic rings. The highest BCUT2D eigenvalue weighted by Gasteiger charge is 2.39. The molecule has 0 N–H and O–H groups in total. The molecule has 0 bridgehead atoms. The number of rotatable bonds is 27. The van der Waals surface area contributed by atoms with E-state index >= 15 is 0 Å². The van der Waals surface area contributed by atoms with Crippen LogP contribution in [0.1, 0.15) is 143 Å². The van der Waals surface area contributed by atoms with Gasteiger partial charge in [0.1, 0.15) is 0 Å². The lowest BCUT2D eigenvalue weighted by molar-refractivity contribution is 0.0706. The van der Waals surface area contributed by atoms with Crippen molar-refractivity contribution in [3.63, 3.8) is 0 Å². The number of allylic oxidation sites excluding steroid dienone is 1. The zero-order valence-corrected chi connectivity index (χ0v) is 23.3. The smallest absolute Gasteiger partial charge is 0.374 e. The second-order valence-corrected chi connectivity index (χ2v) is 11.9. The molecule has 0 atom stereocenters. The summed E-state index contributed by atoms with van der Waals surface area (Å²) in [5.74, 6) is 0. The van der Waals surface area contributed by atoms with E-state index in [0.717, 1.165) is 6.04 Å². The fraction of sp³-hybridized carbons (Fsp3) is 0.929. The van der Waals surface area contributed by atoms with Crippen LogP contribution in [0.15, 0.2) is 12.7 Å². The molecule has 32 heavy (non-hydrogen) atoms. The standard InChI is InChI=1S/C28H58O3Si/c1-5-9-10-11-12-13-14-15-16-17-18-19-20-21-22-23-24-25-26-27-28-32(29-6-2,30-7-3)31-8-4/h5H,1,6-28H2,2-4H3. The molecule has 0 aromatic heterocycles. The molecule has 3 nitrogen and oxygen atoms in total. The summed E-state index contributed by atoms with van der Waals surface area (Å²) in [5, 5.41) is 0. The molecule has 0 radical (unpaired) electrons. The van der Waals surface area contributed by atoms with Crippen molar-refractivity contribution in [1.29, 1.82) is 0 Å². The summed E-state index contributed by atoms with van der Waals surface area (Å²) in [6.07, 6.45) is 28.4. The molecule has 0 rings (SSSR count). The second-order valence-electron chi connectivity index (χ2n) is 9.17. The van der Waals surface area contributed by atoms with Gasteiger partial charge in [0.05, 0.1) is 0 Å². The molecule has 0 aliphatic carbocycles. The molecule has 4 heteroatoms. The van der Waals surface area contributed by atoms with Crippen molar-refractivity contribution in [3.05, 3.63) is 12.7 Å². The minimum absolute atomic E-state index is 0.683. The Hall–Kier alpha value is -0.163. The lowest BCUT2D eigenvalue weighted by atomic mass is 10.0. The van der Waals surface area contributed by atoms with E-state index in [-0.39, 0.29) is 0 Å². The van der Waals surface area contributed by atoms with E-state index in [1.165, 1.54) is 122 Å². The molecule has 0 spiro atoms. The van der Waals surface area contributed by atoms with Crippen LogP contribution in [0.5, 0.6) is 0 Å². The van der Waals surface area contributed by atoms with E-state index in [4.69, 9.17) is 13.3 Å². The fourth-order valence-corrected chi connectivity index (χ4v) is 7.15. The summed E-state index contributed by atoms with van der Waals surface area (Å²) in [6, 6.07) is 0.970. The Labute approximate surface area is 203 Å². The molecule has 0 saturated heterocycles. The Kier molecular flexibility index (Phi) is 25.3. The zero-order chi connectivity index (χ0) is 23.6. The van der Waals surface area contributed by atoms with Crippen LogP contribution in [-0.4, -0.2) is 28.6 Å². The van der Waals surface area contributed by atoms with E-state index in [0.29, 0.717) is 19.8 Å². The van der Waals surface area contributed by atoms with Gasteiger partial charge >= 0.3 is 8.80 Å². The van der Waals surface area contributed by atoms with Crippen molar-refractivity contribution in [1.82, 2.24) is 0 Å². The fourth-order valence-electron chi connectivity index (χ4n) is 4.46. The highest BCUT2D eigenvalue weighted by atomic mass is 28.4. The quantitative estimate of drug-likeness (QED) is 0.0679. The summed E-state index contributed by atoms with van der Waals surface area (Å²) < 4.78 is 17.8. The zero-order valence-electron chi connectivity index (χ0n) is 22.3. The van der Waals surface area contributed by atoms with Gasteiger partial charge in [-0.25, -0.2) is 0 Å². The normalized spacial score (nSPS) is 11.8. The molecule has 0 fully saturated rings. The van der Waals surface area contributed by atoms with Gasteiger partial charge in [-0.1, -0.05) is 109 Å². The lowest BCUT2D eigenvalue weighted by Gasteiger charge is -2.28. The third kappa shape index (κ3) is 20.4. The maximum atomic E-state index is 5.94. The van der Waals surface area contributed by atoms with Crippen LogP contribution in [0.4, 0.5) is 0 Å². The van der Waals surface area contributed by atoms with Gasteiger partial charge in [-0.05, 0) is 40.0 Å². The van der Waals surface area contributed by atoms with Crippen molar-refractivity contribution in [2.75, 3.05) is 19.8 Å². The van der Waals surface area contributed by atoms with Gasteiger partial charge in [0.25, 0.3) is 0 Å². The van der Waals surface area contributed by atoms with Gasteiger partial charge in [0, 0.05) is 25.9 Å². The van der Waals surface area contributed by atoms with Gasteiger partial charge in [-0.3, -0.25) is 0 Å². The van der Waals surface area contributed by atoms with Crippen molar-refractivity contribution in [2.24, 2.45) is 0 Å². The highest BCUT2D eigenvalue weighted by molar-refractivity contribution is 6.60. The van der Waals surface area contributed by atoms with Gasteiger partial charge < -0.3 is 13.3 Å². The monoisotopic (exact) mass is 470 g/mol. The number of unbranched alkanes of at least 4 members (excludes halogenated alkanes) is 18. The van der Waals surface area contributed by atoms with Crippen LogP contribution in [0.3, 0.4) is 0 Å². The number of hydrogen-bond acceptors (Lipinski definition) is 3. The average Bonchev–Trinajstić information content (AvgIpc) is 2.78. The molecule has 192 valence electrons. The van der Waals surface area contributed by atoms with E-state index in [1.54, 1.807) is 0 Å². The number of hydrogen-bond donors (Lipinski definition) is 0. The van der Waals surface area contributed by atoms with E-state index in [9.17, 15) is 0 Å². The topological polar surface area (TPSA) is 27.7 Å². The van der Waals surface area contributed by atoms with Crippen molar-refractivity contribution in [2.45, 2.75) is 149 Å². The first kappa shape index (κ1) is 31.8. The van der Waals surface area contributed by atoms with Crippen LogP contribution in [0.25, 0.3) is 0 Å². The highest BCUT2D eigenvalue weighted by Crippen LogP contribution is 2.21. The summed E-state index contributed by atoms with van der Waals surface area (Å²) in [5.41, 5.74) is 0. The van der Waals surface area contributed by atoms with E-state index in [2.05, 4.69) is 6.58 Å². The lowest BCUT2D eigenvalue weighted by Crippen LogP contribution is -2.45. The summed E-state index contributed by atoms with van der Waals surface area (Å²) in [4.78, 5) is 0. The van der Waals surface area contributed by atoms with Crippen LogP contribution >= 0.6 is 0 Å². The van der Waals surface area contributed by atoms with Crippen LogP contribution in [0, 0.1) is 0 Å². The first-order valence-corrected chi connectivity index (χ1v) is 16.2. The molecule has 0 aliphatic rings. The van der Waals surface area contributed by atoms with Gasteiger partial charge in [-0.15, -0.1) is 6.58 Å². The molecular weight excluding hydrogens is 412 g/mol. The summed E-state index contributed by atoms with van der Waals surface area (Å²) in [6.45, 7) is 11.9. The van der Waals surface area contributed by atoms with Crippen molar-refractivity contribution >= 4 is 8.80 Å². The van der Waals surface area contributed by atoms with Gasteiger partial charge in [0.2, 0.25) is 0 Å². The predicted octanol–water partition coefficient (Wildman–Crippen LogP) is 9.63. The molecule has 0 heterocycles. The molecular formula is C28H58O3Si. The Morgan fingerprint density at radius 2 is 0.750 bits per heavy atom. The molecule has 0 aliphatic heterocycles. The SMILES string of the molecule is C=CCCCCCCCCCCCCCCCCCCCC[Si](OCC)(OCC)OCC. The molecule has 0 aromatic carbocycles. The minimum Gasteiger partial charge on any atom is -0.374 e. The Morgan fingerprint density at radius 3 is 1.03 bits per heavy atom. The Bertz CT molecular complexity index is 359. The summed E-state index contributed by atoms with van der Waals surface area (Å²) >= 11 is 0. The minimum atomic E-state index is -2.41. The van der Waals surface area contributed by atoms with E-state index in [1.807, 2.05) is 26.8 Å². The summed E-state index contributed by atoms with van der Waals surface area (Å²) in [7, 11) is -2.41. The molecule has 0 amide bonds. The second kappa shape index (κ2) is 25.5.